The minimum atomic E-state index is -3.97. The number of hydrogen-bond donors (Lipinski definition) is 1. The maximum Gasteiger partial charge on any atom is 0.273 e. The maximum absolute atomic E-state index is 12.5. The van der Waals surface area contributed by atoms with Crippen molar-refractivity contribution in [1.29, 1.82) is 0 Å². The highest BCUT2D eigenvalue weighted by molar-refractivity contribution is 7.92. The Morgan fingerprint density at radius 3 is 2.52 bits per heavy atom. The monoisotopic (exact) mass is 364 g/mol. The van der Waals surface area contributed by atoms with Crippen LogP contribution in [0, 0.1) is 17.0 Å². The number of nitro groups is 1. The minimum absolute atomic E-state index is 0.183. The Morgan fingerprint density at radius 1 is 1.08 bits per heavy atom. The lowest BCUT2D eigenvalue weighted by atomic mass is 10.2. The second kappa shape index (κ2) is 6.60. The molecule has 0 aromatic heterocycles. The Morgan fingerprint density at radius 2 is 1.80 bits per heavy atom. The zero-order valence-corrected chi connectivity index (χ0v) is 14.2. The zero-order chi connectivity index (χ0) is 18.0. The van der Waals surface area contributed by atoms with Gasteiger partial charge in [-0.05, 0) is 25.1 Å². The van der Waals surface area contributed by atoms with Gasteiger partial charge in [-0.3, -0.25) is 14.8 Å². The van der Waals surface area contributed by atoms with Crippen molar-refractivity contribution < 1.29 is 22.8 Å². The highest BCUT2D eigenvalue weighted by atomic mass is 32.2. The molecule has 0 fully saturated rings. The molecule has 0 bridgehead atoms. The van der Waals surface area contributed by atoms with E-state index in [-0.39, 0.29) is 16.3 Å². The van der Waals surface area contributed by atoms with Gasteiger partial charge in [0.2, 0.25) is 0 Å². The number of aryl methyl sites for hydroxylation is 1. The van der Waals surface area contributed by atoms with Crippen LogP contribution in [0.4, 0.5) is 11.4 Å². The largest absolute Gasteiger partial charge is 0.490 e. The maximum atomic E-state index is 12.5. The van der Waals surface area contributed by atoms with Crippen molar-refractivity contribution in [3.05, 3.63) is 52.1 Å². The van der Waals surface area contributed by atoms with Gasteiger partial charge < -0.3 is 9.47 Å². The zero-order valence-electron chi connectivity index (χ0n) is 13.4. The summed E-state index contributed by atoms with van der Waals surface area (Å²) in [5.41, 5.74) is 0.425. The predicted molar refractivity (Wildman–Crippen MR) is 90.7 cm³/mol. The van der Waals surface area contributed by atoms with Crippen molar-refractivity contribution in [2.45, 2.75) is 18.2 Å². The van der Waals surface area contributed by atoms with Crippen molar-refractivity contribution in [1.82, 2.24) is 0 Å². The molecule has 132 valence electrons. The van der Waals surface area contributed by atoms with Crippen LogP contribution in [-0.2, 0) is 10.0 Å². The van der Waals surface area contributed by atoms with Gasteiger partial charge in [-0.1, -0.05) is 6.07 Å². The van der Waals surface area contributed by atoms with Crippen LogP contribution in [-0.4, -0.2) is 26.6 Å². The summed E-state index contributed by atoms with van der Waals surface area (Å²) in [5.74, 6) is 0.999. The van der Waals surface area contributed by atoms with Crippen LogP contribution < -0.4 is 14.2 Å². The molecule has 2 aromatic rings. The Kier molecular flexibility index (Phi) is 4.49. The molecule has 9 heteroatoms. The molecule has 0 atom stereocenters. The van der Waals surface area contributed by atoms with E-state index in [0.29, 0.717) is 30.3 Å². The van der Waals surface area contributed by atoms with Crippen LogP contribution in [0.15, 0.2) is 41.3 Å². The van der Waals surface area contributed by atoms with Gasteiger partial charge in [0.25, 0.3) is 15.7 Å². The number of rotatable bonds is 4. The topological polar surface area (TPSA) is 108 Å². The number of sulfonamides is 1. The van der Waals surface area contributed by atoms with Crippen molar-refractivity contribution in [3.63, 3.8) is 0 Å². The van der Waals surface area contributed by atoms with Crippen LogP contribution in [0.25, 0.3) is 0 Å². The van der Waals surface area contributed by atoms with E-state index in [1.165, 1.54) is 18.2 Å². The normalized spacial score (nSPS) is 13.8. The van der Waals surface area contributed by atoms with Gasteiger partial charge in [-0.2, -0.15) is 0 Å². The molecule has 1 heterocycles. The predicted octanol–water partition coefficient (Wildman–Crippen LogP) is 2.87. The van der Waals surface area contributed by atoms with E-state index in [1.807, 2.05) is 0 Å². The summed E-state index contributed by atoms with van der Waals surface area (Å²) in [5, 5.41) is 11.0. The molecule has 0 saturated heterocycles. The first-order valence-corrected chi connectivity index (χ1v) is 9.03. The standard InChI is InChI=1S/C16H16N2O6S/c1-11-3-5-13(10-14(11)18(19)20)25(21,22)17-12-4-6-15-16(9-12)24-8-2-7-23-15/h3-6,9-10,17H,2,7-8H2,1H3. The van der Waals surface area contributed by atoms with Gasteiger partial charge in [0, 0.05) is 24.1 Å². The number of nitrogens with zero attached hydrogens (tertiary/aromatic N) is 1. The third-order valence-corrected chi connectivity index (χ3v) is 5.07. The van der Waals surface area contributed by atoms with Gasteiger partial charge in [-0.15, -0.1) is 0 Å². The average Bonchev–Trinajstić information content (AvgIpc) is 2.79. The quantitative estimate of drug-likeness (QED) is 0.660. The molecule has 0 radical (unpaired) electrons. The fraction of sp³-hybridized carbons (Fsp3) is 0.250. The summed E-state index contributed by atoms with van der Waals surface area (Å²) in [7, 11) is -3.97. The summed E-state index contributed by atoms with van der Waals surface area (Å²) < 4.78 is 38.5. The van der Waals surface area contributed by atoms with Crippen LogP contribution in [0.5, 0.6) is 11.5 Å². The molecular formula is C16H16N2O6S. The Hall–Kier alpha value is -2.81. The molecule has 2 aromatic carbocycles. The third kappa shape index (κ3) is 3.66. The lowest BCUT2D eigenvalue weighted by Gasteiger charge is -2.12. The fourth-order valence-electron chi connectivity index (χ4n) is 2.39. The number of hydrogen-bond acceptors (Lipinski definition) is 6. The third-order valence-electron chi connectivity index (χ3n) is 3.69. The first-order chi connectivity index (χ1) is 11.9. The van der Waals surface area contributed by atoms with Gasteiger partial charge in [-0.25, -0.2) is 8.42 Å². The highest BCUT2D eigenvalue weighted by Crippen LogP contribution is 2.33. The van der Waals surface area contributed by atoms with Gasteiger partial charge in [0.15, 0.2) is 11.5 Å². The van der Waals surface area contributed by atoms with Crippen LogP contribution in [0.3, 0.4) is 0 Å². The minimum Gasteiger partial charge on any atom is -0.490 e. The number of nitrogens with one attached hydrogen (secondary N) is 1. The van der Waals surface area contributed by atoms with Gasteiger partial charge in [0.05, 0.1) is 28.7 Å². The second-order valence-corrected chi connectivity index (χ2v) is 7.21. The number of benzene rings is 2. The summed E-state index contributed by atoms with van der Waals surface area (Å²) >= 11 is 0. The van der Waals surface area contributed by atoms with E-state index in [0.717, 1.165) is 12.5 Å². The molecule has 25 heavy (non-hydrogen) atoms. The summed E-state index contributed by atoms with van der Waals surface area (Å²) in [6.45, 7) is 2.56. The molecule has 1 N–H and O–H groups in total. The van der Waals surface area contributed by atoms with Crippen LogP contribution in [0.2, 0.25) is 0 Å². The molecule has 1 aliphatic rings. The summed E-state index contributed by atoms with van der Waals surface area (Å²) in [4.78, 5) is 10.2. The SMILES string of the molecule is Cc1ccc(S(=O)(=O)Nc2ccc3c(c2)OCCCO3)cc1[N+](=O)[O-]. The number of anilines is 1. The van der Waals surface area contributed by atoms with Gasteiger partial charge in [0.1, 0.15) is 0 Å². The smallest absolute Gasteiger partial charge is 0.273 e. The molecule has 0 spiro atoms. The molecular weight excluding hydrogens is 348 g/mol. The lowest BCUT2D eigenvalue weighted by molar-refractivity contribution is -0.385. The van der Waals surface area contributed by atoms with E-state index in [9.17, 15) is 18.5 Å². The van der Waals surface area contributed by atoms with E-state index in [1.54, 1.807) is 19.1 Å². The Labute approximate surface area is 144 Å². The molecule has 0 saturated carbocycles. The van der Waals surface area contributed by atoms with E-state index < -0.39 is 14.9 Å². The summed E-state index contributed by atoms with van der Waals surface area (Å²) in [6, 6.07) is 8.47. The Bertz CT molecular complexity index is 926. The molecule has 0 aliphatic carbocycles. The molecule has 0 amide bonds. The van der Waals surface area contributed by atoms with Crippen molar-refractivity contribution in [2.24, 2.45) is 0 Å². The van der Waals surface area contributed by atoms with E-state index in [2.05, 4.69) is 4.72 Å². The van der Waals surface area contributed by atoms with Gasteiger partial charge >= 0.3 is 0 Å². The molecule has 1 aliphatic heterocycles. The highest BCUT2D eigenvalue weighted by Gasteiger charge is 2.21. The van der Waals surface area contributed by atoms with E-state index >= 15 is 0 Å². The van der Waals surface area contributed by atoms with Crippen LogP contribution in [0.1, 0.15) is 12.0 Å². The van der Waals surface area contributed by atoms with Crippen molar-refractivity contribution in [2.75, 3.05) is 17.9 Å². The molecule has 3 rings (SSSR count). The number of fused-ring (bicyclic) bond motifs is 1. The lowest BCUT2D eigenvalue weighted by Crippen LogP contribution is -2.13. The van der Waals surface area contributed by atoms with E-state index in [4.69, 9.17) is 9.47 Å². The summed E-state index contributed by atoms with van der Waals surface area (Å²) in [6.07, 6.45) is 0.739. The Balaban J connectivity index is 1.90. The average molecular weight is 364 g/mol. The molecule has 8 nitrogen and oxygen atoms in total. The first-order valence-electron chi connectivity index (χ1n) is 7.54. The molecule has 0 unspecified atom stereocenters. The second-order valence-electron chi connectivity index (χ2n) is 5.52. The number of ether oxygens (including phenoxy) is 2. The number of nitro benzene ring substituents is 1. The van der Waals surface area contributed by atoms with Crippen LogP contribution >= 0.6 is 0 Å². The van der Waals surface area contributed by atoms with Crippen molar-refractivity contribution >= 4 is 21.4 Å². The fourth-order valence-corrected chi connectivity index (χ4v) is 3.46. The van der Waals surface area contributed by atoms with Crippen molar-refractivity contribution in [3.8, 4) is 11.5 Å². The first kappa shape index (κ1) is 17.0.